The molecule has 0 aliphatic carbocycles. The minimum Gasteiger partial charge on any atom is -0.378 e. The minimum atomic E-state index is -0.0206. The van der Waals surface area contributed by atoms with Crippen LogP contribution in [0.3, 0.4) is 0 Å². The van der Waals surface area contributed by atoms with Gasteiger partial charge in [-0.25, -0.2) is 0 Å². The van der Waals surface area contributed by atoms with Crippen molar-refractivity contribution < 1.29 is 9.53 Å². The zero-order valence-corrected chi connectivity index (χ0v) is 22.1. The Balaban J connectivity index is 0.00000450. The van der Waals surface area contributed by atoms with Crippen LogP contribution in [0.1, 0.15) is 53.9 Å². The van der Waals surface area contributed by atoms with Crippen LogP contribution >= 0.6 is 24.0 Å². The zero-order chi connectivity index (χ0) is 21.2. The minimum absolute atomic E-state index is 0. The van der Waals surface area contributed by atoms with E-state index in [1.54, 1.807) is 0 Å². The Morgan fingerprint density at radius 3 is 2.17 bits per heavy atom. The third-order valence-corrected chi connectivity index (χ3v) is 6.07. The Labute approximate surface area is 201 Å². The van der Waals surface area contributed by atoms with E-state index in [-0.39, 0.29) is 36.1 Å². The Bertz CT molecular complexity index is 518. The summed E-state index contributed by atoms with van der Waals surface area (Å²) in [6.07, 6.45) is 3.51. The van der Waals surface area contributed by atoms with E-state index < -0.39 is 0 Å². The number of nitrogens with zero attached hydrogens (tertiary/aromatic N) is 4. The molecule has 0 radical (unpaired) electrons. The molecule has 0 bridgehead atoms. The standard InChI is InChI=1S/C22H43N5O2.HI/c1-6-23-22(24-11-10-20(18(3)4)29-7-2)27-16-14-25(15-17-27)19(5)21(28)26-12-8-9-13-26;/h18-20H,6-17H2,1-5H3,(H,23,24);1H. The summed E-state index contributed by atoms with van der Waals surface area (Å²) in [7, 11) is 0. The Morgan fingerprint density at radius 1 is 1.00 bits per heavy atom. The molecule has 2 fully saturated rings. The number of carbonyl (C=O) groups is 1. The van der Waals surface area contributed by atoms with Gasteiger partial charge in [0.05, 0.1) is 12.1 Å². The Morgan fingerprint density at radius 2 is 1.63 bits per heavy atom. The van der Waals surface area contributed by atoms with Gasteiger partial charge in [0.25, 0.3) is 0 Å². The van der Waals surface area contributed by atoms with Crippen molar-refractivity contribution in [3.05, 3.63) is 0 Å². The molecule has 0 saturated carbocycles. The number of hydrogen-bond acceptors (Lipinski definition) is 4. The number of likely N-dealkylation sites (tertiary alicyclic amines) is 1. The lowest BCUT2D eigenvalue weighted by molar-refractivity contribution is -0.135. The van der Waals surface area contributed by atoms with Gasteiger partial charge in [0.2, 0.25) is 5.91 Å². The number of piperazine rings is 1. The van der Waals surface area contributed by atoms with Gasteiger partial charge in [0, 0.05) is 59.0 Å². The van der Waals surface area contributed by atoms with Crippen molar-refractivity contribution in [2.24, 2.45) is 10.9 Å². The maximum Gasteiger partial charge on any atom is 0.239 e. The smallest absolute Gasteiger partial charge is 0.239 e. The molecule has 2 aliphatic heterocycles. The lowest BCUT2D eigenvalue weighted by Crippen LogP contribution is -2.57. The lowest BCUT2D eigenvalue weighted by atomic mass is 10.0. The summed E-state index contributed by atoms with van der Waals surface area (Å²) in [5.41, 5.74) is 0. The van der Waals surface area contributed by atoms with Crippen LogP contribution in [0, 0.1) is 5.92 Å². The van der Waals surface area contributed by atoms with Crippen molar-refractivity contribution in [1.29, 1.82) is 0 Å². The van der Waals surface area contributed by atoms with E-state index in [1.165, 1.54) is 0 Å². The van der Waals surface area contributed by atoms with Crippen LogP contribution in [0.5, 0.6) is 0 Å². The first-order valence-corrected chi connectivity index (χ1v) is 11.7. The molecule has 8 heteroatoms. The summed E-state index contributed by atoms with van der Waals surface area (Å²) >= 11 is 0. The van der Waals surface area contributed by atoms with E-state index in [0.29, 0.717) is 11.8 Å². The molecule has 1 N–H and O–H groups in total. The number of amides is 1. The van der Waals surface area contributed by atoms with Gasteiger partial charge in [-0.15, -0.1) is 24.0 Å². The molecule has 1 amide bonds. The average Bonchev–Trinajstić information content (AvgIpc) is 3.26. The predicted molar refractivity (Wildman–Crippen MR) is 135 cm³/mol. The highest BCUT2D eigenvalue weighted by molar-refractivity contribution is 14.0. The molecule has 0 spiro atoms. The molecular formula is C22H44IN5O2. The Kier molecular flexibility index (Phi) is 13.2. The molecule has 2 unspecified atom stereocenters. The van der Waals surface area contributed by atoms with Crippen LogP contribution in [-0.4, -0.2) is 97.7 Å². The topological polar surface area (TPSA) is 60.4 Å². The van der Waals surface area contributed by atoms with E-state index in [0.717, 1.165) is 84.2 Å². The molecule has 2 rings (SSSR count). The van der Waals surface area contributed by atoms with Gasteiger partial charge < -0.3 is 19.9 Å². The van der Waals surface area contributed by atoms with E-state index in [1.807, 2.05) is 4.90 Å². The molecule has 2 atom stereocenters. The Hall–Kier alpha value is -0.610. The summed E-state index contributed by atoms with van der Waals surface area (Å²) in [4.78, 5) is 24.3. The normalized spacial score (nSPS) is 20.3. The molecule has 0 aromatic rings. The van der Waals surface area contributed by atoms with Gasteiger partial charge in [0.1, 0.15) is 0 Å². The van der Waals surface area contributed by atoms with Gasteiger partial charge in [-0.3, -0.25) is 14.7 Å². The molecule has 2 aliphatic rings. The summed E-state index contributed by atoms with van der Waals surface area (Å²) < 4.78 is 5.85. The SMILES string of the molecule is CCNC(=NCCC(OCC)C(C)C)N1CCN(C(C)C(=O)N2CCCC2)CC1.I. The fourth-order valence-electron chi connectivity index (χ4n) is 4.23. The van der Waals surface area contributed by atoms with E-state index in [4.69, 9.17) is 9.73 Å². The second-order valence-corrected chi connectivity index (χ2v) is 8.49. The monoisotopic (exact) mass is 537 g/mol. The lowest BCUT2D eigenvalue weighted by Gasteiger charge is -2.39. The van der Waals surface area contributed by atoms with Crippen molar-refractivity contribution in [1.82, 2.24) is 20.0 Å². The number of nitrogens with one attached hydrogen (secondary N) is 1. The van der Waals surface area contributed by atoms with Crippen LogP contribution in [0.25, 0.3) is 0 Å². The van der Waals surface area contributed by atoms with Crippen molar-refractivity contribution in [2.45, 2.75) is 66.0 Å². The number of halogens is 1. The van der Waals surface area contributed by atoms with Crippen LogP contribution in [-0.2, 0) is 9.53 Å². The number of aliphatic imine (C=N–C) groups is 1. The summed E-state index contributed by atoms with van der Waals surface area (Å²) in [6.45, 7) is 18.5. The van der Waals surface area contributed by atoms with Crippen molar-refractivity contribution in [3.63, 3.8) is 0 Å². The van der Waals surface area contributed by atoms with E-state index in [2.05, 4.69) is 49.7 Å². The van der Waals surface area contributed by atoms with Gasteiger partial charge >= 0.3 is 0 Å². The molecule has 0 aromatic carbocycles. The number of ether oxygens (including phenoxy) is 1. The molecular weight excluding hydrogens is 493 g/mol. The maximum absolute atomic E-state index is 12.7. The number of hydrogen-bond donors (Lipinski definition) is 1. The number of rotatable bonds is 9. The van der Waals surface area contributed by atoms with Crippen LogP contribution < -0.4 is 5.32 Å². The largest absolute Gasteiger partial charge is 0.378 e. The van der Waals surface area contributed by atoms with Crippen LogP contribution in [0.4, 0.5) is 0 Å². The van der Waals surface area contributed by atoms with E-state index in [9.17, 15) is 4.79 Å². The van der Waals surface area contributed by atoms with Crippen molar-refractivity contribution in [2.75, 3.05) is 59.0 Å². The molecule has 176 valence electrons. The zero-order valence-electron chi connectivity index (χ0n) is 19.7. The van der Waals surface area contributed by atoms with Gasteiger partial charge in [-0.1, -0.05) is 13.8 Å². The third kappa shape index (κ3) is 8.15. The average molecular weight is 538 g/mol. The van der Waals surface area contributed by atoms with Gasteiger partial charge in [0.15, 0.2) is 5.96 Å². The summed E-state index contributed by atoms with van der Waals surface area (Å²) in [5.74, 6) is 1.79. The second kappa shape index (κ2) is 14.5. The summed E-state index contributed by atoms with van der Waals surface area (Å²) in [6, 6.07) is -0.0206. The van der Waals surface area contributed by atoms with Crippen molar-refractivity contribution in [3.8, 4) is 0 Å². The summed E-state index contributed by atoms with van der Waals surface area (Å²) in [5, 5.41) is 3.44. The van der Waals surface area contributed by atoms with Crippen LogP contribution in [0.2, 0.25) is 0 Å². The molecule has 2 heterocycles. The number of carbonyl (C=O) groups excluding carboxylic acids is 1. The van der Waals surface area contributed by atoms with Gasteiger partial charge in [-0.05, 0) is 46.0 Å². The number of guanidine groups is 1. The molecule has 0 aromatic heterocycles. The maximum atomic E-state index is 12.7. The van der Waals surface area contributed by atoms with Crippen LogP contribution in [0.15, 0.2) is 4.99 Å². The van der Waals surface area contributed by atoms with Crippen molar-refractivity contribution >= 4 is 35.8 Å². The molecule has 30 heavy (non-hydrogen) atoms. The quantitative estimate of drug-likeness (QED) is 0.279. The molecule has 7 nitrogen and oxygen atoms in total. The fraction of sp³-hybridized carbons (Fsp3) is 0.909. The predicted octanol–water partition coefficient (Wildman–Crippen LogP) is 2.65. The molecule has 2 saturated heterocycles. The van der Waals surface area contributed by atoms with Gasteiger partial charge in [-0.2, -0.15) is 0 Å². The first kappa shape index (κ1) is 27.4. The first-order valence-electron chi connectivity index (χ1n) is 11.7. The first-order chi connectivity index (χ1) is 14.0. The van der Waals surface area contributed by atoms with E-state index >= 15 is 0 Å². The third-order valence-electron chi connectivity index (χ3n) is 6.07. The highest BCUT2D eigenvalue weighted by Gasteiger charge is 2.30. The fourth-order valence-corrected chi connectivity index (χ4v) is 4.23. The highest BCUT2D eigenvalue weighted by Crippen LogP contribution is 2.14. The second-order valence-electron chi connectivity index (χ2n) is 8.49. The highest BCUT2D eigenvalue weighted by atomic mass is 127.